The SMILES string of the molecule is Cc1ccccc1-c1cccc(-c2ccc(-n3c4ccccc4c4cc5c6cc7ccccc7cc6n(-c6ccccc6)c5cc43)cc2)c1C. The van der Waals surface area contributed by atoms with Crippen LogP contribution in [0.4, 0.5) is 0 Å². The lowest BCUT2D eigenvalue weighted by atomic mass is 9.91. The first-order valence-corrected chi connectivity index (χ1v) is 17.4. The zero-order chi connectivity index (χ0) is 33.3. The van der Waals surface area contributed by atoms with Gasteiger partial charge in [0.2, 0.25) is 0 Å². The van der Waals surface area contributed by atoms with E-state index in [9.17, 15) is 0 Å². The molecule has 0 saturated heterocycles. The summed E-state index contributed by atoms with van der Waals surface area (Å²) in [5, 5.41) is 7.57. The third kappa shape index (κ3) is 4.28. The number of rotatable bonds is 4. The van der Waals surface area contributed by atoms with Crippen LogP contribution in [-0.2, 0) is 0 Å². The number of nitrogens with zero attached hydrogens (tertiary/aromatic N) is 2. The van der Waals surface area contributed by atoms with Crippen LogP contribution in [0.5, 0.6) is 0 Å². The van der Waals surface area contributed by atoms with Crippen molar-refractivity contribution in [2.45, 2.75) is 13.8 Å². The molecule has 0 saturated carbocycles. The van der Waals surface area contributed by atoms with Gasteiger partial charge in [0.15, 0.2) is 0 Å². The average molecular weight is 639 g/mol. The molecule has 0 aliphatic carbocycles. The van der Waals surface area contributed by atoms with E-state index < -0.39 is 0 Å². The third-order valence-electron chi connectivity index (χ3n) is 10.6. The lowest BCUT2D eigenvalue weighted by molar-refractivity contribution is 1.17. The lowest BCUT2D eigenvalue weighted by Crippen LogP contribution is -1.96. The first-order valence-electron chi connectivity index (χ1n) is 17.4. The minimum absolute atomic E-state index is 1.15. The maximum absolute atomic E-state index is 2.44. The molecule has 0 N–H and O–H groups in total. The predicted octanol–water partition coefficient (Wildman–Crippen LogP) is 13.0. The number of fused-ring (bicyclic) bond motifs is 7. The summed E-state index contributed by atoms with van der Waals surface area (Å²) >= 11 is 0. The molecule has 10 aromatic rings. The van der Waals surface area contributed by atoms with Gasteiger partial charge < -0.3 is 9.13 Å². The van der Waals surface area contributed by atoms with E-state index in [1.165, 1.54) is 87.8 Å². The van der Waals surface area contributed by atoms with Crippen molar-refractivity contribution in [2.75, 3.05) is 0 Å². The monoisotopic (exact) mass is 638 g/mol. The molecular weight excluding hydrogens is 605 g/mol. The third-order valence-corrected chi connectivity index (χ3v) is 10.6. The zero-order valence-corrected chi connectivity index (χ0v) is 28.1. The molecule has 0 atom stereocenters. The summed E-state index contributed by atoms with van der Waals surface area (Å²) in [4.78, 5) is 0. The Morgan fingerprint density at radius 2 is 0.900 bits per heavy atom. The van der Waals surface area contributed by atoms with Crippen LogP contribution in [0.25, 0.3) is 88.0 Å². The Morgan fingerprint density at radius 3 is 1.70 bits per heavy atom. The molecule has 236 valence electrons. The van der Waals surface area contributed by atoms with Gasteiger partial charge in [-0.3, -0.25) is 0 Å². The molecule has 0 spiro atoms. The van der Waals surface area contributed by atoms with Crippen LogP contribution in [0, 0.1) is 13.8 Å². The highest BCUT2D eigenvalue weighted by molar-refractivity contribution is 6.20. The van der Waals surface area contributed by atoms with Gasteiger partial charge in [-0.1, -0.05) is 115 Å². The second-order valence-corrected chi connectivity index (χ2v) is 13.5. The molecular formula is C48H34N2. The van der Waals surface area contributed by atoms with Crippen LogP contribution in [-0.4, -0.2) is 9.13 Å². The second-order valence-electron chi connectivity index (χ2n) is 13.5. The summed E-state index contributed by atoms with van der Waals surface area (Å²) in [6.45, 7) is 4.44. The fourth-order valence-electron chi connectivity index (χ4n) is 8.20. The normalized spacial score (nSPS) is 11.8. The van der Waals surface area contributed by atoms with Crippen LogP contribution in [0.1, 0.15) is 11.1 Å². The summed E-state index contributed by atoms with van der Waals surface area (Å²) in [6.07, 6.45) is 0. The summed E-state index contributed by atoms with van der Waals surface area (Å²) in [5.41, 5.74) is 14.8. The van der Waals surface area contributed by atoms with Crippen molar-refractivity contribution in [2.24, 2.45) is 0 Å². The summed E-state index contributed by atoms with van der Waals surface area (Å²) < 4.78 is 4.87. The fourth-order valence-corrected chi connectivity index (χ4v) is 8.20. The summed E-state index contributed by atoms with van der Waals surface area (Å²) in [6, 6.07) is 62.3. The van der Waals surface area contributed by atoms with Crippen molar-refractivity contribution >= 4 is 54.4 Å². The first kappa shape index (κ1) is 28.6. The number of aryl methyl sites for hydroxylation is 1. The Balaban J connectivity index is 1.20. The number of para-hydroxylation sites is 2. The van der Waals surface area contributed by atoms with Crippen LogP contribution in [0.3, 0.4) is 0 Å². The van der Waals surface area contributed by atoms with E-state index in [1.807, 2.05) is 0 Å². The first-order chi connectivity index (χ1) is 24.6. The second kappa shape index (κ2) is 11.1. The van der Waals surface area contributed by atoms with Gasteiger partial charge >= 0.3 is 0 Å². The zero-order valence-electron chi connectivity index (χ0n) is 28.1. The van der Waals surface area contributed by atoms with Crippen molar-refractivity contribution in [3.8, 4) is 33.6 Å². The van der Waals surface area contributed by atoms with Crippen LogP contribution >= 0.6 is 0 Å². The number of hydrogen-bond acceptors (Lipinski definition) is 0. The highest BCUT2D eigenvalue weighted by Crippen LogP contribution is 2.41. The van der Waals surface area contributed by atoms with Crippen LogP contribution in [0.2, 0.25) is 0 Å². The van der Waals surface area contributed by atoms with E-state index in [-0.39, 0.29) is 0 Å². The van der Waals surface area contributed by atoms with Crippen molar-refractivity contribution in [1.82, 2.24) is 9.13 Å². The molecule has 0 fully saturated rings. The highest BCUT2D eigenvalue weighted by atomic mass is 15.0. The molecule has 0 aliphatic heterocycles. The molecule has 0 bridgehead atoms. The Morgan fingerprint density at radius 1 is 0.340 bits per heavy atom. The topological polar surface area (TPSA) is 9.86 Å². The van der Waals surface area contributed by atoms with Gasteiger partial charge in [-0.2, -0.15) is 0 Å². The Kier molecular flexibility index (Phi) is 6.34. The number of aromatic nitrogens is 2. The van der Waals surface area contributed by atoms with Gasteiger partial charge in [-0.05, 0) is 113 Å². The van der Waals surface area contributed by atoms with E-state index >= 15 is 0 Å². The molecule has 2 heteroatoms. The van der Waals surface area contributed by atoms with Gasteiger partial charge in [0.1, 0.15) is 0 Å². The Labute approximate surface area is 291 Å². The maximum Gasteiger partial charge on any atom is 0.0562 e. The molecule has 0 amide bonds. The molecule has 50 heavy (non-hydrogen) atoms. The quantitative estimate of drug-likeness (QED) is 0.182. The molecule has 8 aromatic carbocycles. The van der Waals surface area contributed by atoms with E-state index in [2.05, 4.69) is 193 Å². The molecule has 0 unspecified atom stereocenters. The molecule has 2 nitrogen and oxygen atoms in total. The minimum atomic E-state index is 1.15. The standard InChI is InChI=1S/C48H34N2/c1-31-13-6-9-18-38(31)40-21-12-20-39(32(40)2)33-23-25-37(26-24-33)49-45-22-11-10-19-41(45)43-29-44-42-27-34-14-7-8-15-35(34)28-46(42)50(48(44)30-47(43)49)36-16-4-3-5-17-36/h3-30H,1-2H3. The molecule has 10 rings (SSSR count). The average Bonchev–Trinajstić information content (AvgIpc) is 3.65. The van der Waals surface area contributed by atoms with Gasteiger partial charge in [0.25, 0.3) is 0 Å². The predicted molar refractivity (Wildman–Crippen MR) is 213 cm³/mol. The smallest absolute Gasteiger partial charge is 0.0562 e. The maximum atomic E-state index is 2.44. The minimum Gasteiger partial charge on any atom is -0.309 e. The van der Waals surface area contributed by atoms with E-state index in [4.69, 9.17) is 0 Å². The molecule has 2 aromatic heterocycles. The van der Waals surface area contributed by atoms with Crippen molar-refractivity contribution in [1.29, 1.82) is 0 Å². The summed E-state index contributed by atoms with van der Waals surface area (Å²) in [5.74, 6) is 0. The van der Waals surface area contributed by atoms with Crippen molar-refractivity contribution in [3.63, 3.8) is 0 Å². The van der Waals surface area contributed by atoms with Gasteiger partial charge in [-0.25, -0.2) is 0 Å². The Bertz CT molecular complexity index is 2920. The molecule has 0 aliphatic rings. The van der Waals surface area contributed by atoms with Crippen LogP contribution < -0.4 is 0 Å². The van der Waals surface area contributed by atoms with E-state index in [1.54, 1.807) is 0 Å². The van der Waals surface area contributed by atoms with E-state index in [0.717, 1.165) is 11.4 Å². The van der Waals surface area contributed by atoms with E-state index in [0.29, 0.717) is 0 Å². The van der Waals surface area contributed by atoms with Gasteiger partial charge in [0, 0.05) is 32.9 Å². The van der Waals surface area contributed by atoms with Gasteiger partial charge in [-0.15, -0.1) is 0 Å². The highest BCUT2D eigenvalue weighted by Gasteiger charge is 2.19. The molecule has 0 radical (unpaired) electrons. The largest absolute Gasteiger partial charge is 0.309 e. The van der Waals surface area contributed by atoms with Crippen LogP contribution in [0.15, 0.2) is 170 Å². The Hall–Kier alpha value is -6.38. The van der Waals surface area contributed by atoms with Gasteiger partial charge in [0.05, 0.1) is 22.1 Å². The lowest BCUT2D eigenvalue weighted by Gasteiger charge is -2.15. The van der Waals surface area contributed by atoms with Crippen molar-refractivity contribution < 1.29 is 0 Å². The molecule has 2 heterocycles. The van der Waals surface area contributed by atoms with Crippen molar-refractivity contribution in [3.05, 3.63) is 181 Å². The number of benzene rings is 8. The fraction of sp³-hybridized carbons (Fsp3) is 0.0417. The number of hydrogen-bond donors (Lipinski definition) is 0. The summed E-state index contributed by atoms with van der Waals surface area (Å²) in [7, 11) is 0.